The van der Waals surface area contributed by atoms with Crippen molar-refractivity contribution in [3.8, 4) is 0 Å². The van der Waals surface area contributed by atoms with Crippen LogP contribution in [0.15, 0.2) is 0 Å². The van der Waals surface area contributed by atoms with Crippen molar-refractivity contribution in [3.63, 3.8) is 0 Å². The van der Waals surface area contributed by atoms with Gasteiger partial charge in [-0.15, -0.1) is 0 Å². The Kier molecular flexibility index (Phi) is 7.25. The van der Waals surface area contributed by atoms with Gasteiger partial charge in [0.25, 0.3) is 0 Å². The van der Waals surface area contributed by atoms with Gasteiger partial charge in [-0.3, -0.25) is 4.79 Å². The van der Waals surface area contributed by atoms with Crippen molar-refractivity contribution in [1.29, 1.82) is 0 Å². The van der Waals surface area contributed by atoms with E-state index in [2.05, 4.69) is 24.5 Å². The van der Waals surface area contributed by atoms with Gasteiger partial charge < -0.3 is 10.6 Å². The molecule has 1 aliphatic heterocycles. The molecule has 1 amide bonds. The SMILES string of the molecule is CCCCC(CC)C(=O)NCCC1CCCN1. The maximum atomic E-state index is 11.9. The van der Waals surface area contributed by atoms with Gasteiger partial charge in [-0.25, -0.2) is 0 Å². The standard InChI is InChI=1S/C14H28N2O/c1-3-5-7-12(4-2)14(17)16-11-9-13-8-6-10-15-13/h12-13,15H,3-11H2,1-2H3,(H,16,17). The van der Waals surface area contributed by atoms with E-state index in [-0.39, 0.29) is 11.8 Å². The number of hydrogen-bond donors (Lipinski definition) is 2. The maximum Gasteiger partial charge on any atom is 0.223 e. The zero-order valence-corrected chi connectivity index (χ0v) is 11.4. The highest BCUT2D eigenvalue weighted by atomic mass is 16.1. The van der Waals surface area contributed by atoms with Crippen molar-refractivity contribution in [2.24, 2.45) is 5.92 Å². The van der Waals surface area contributed by atoms with Gasteiger partial charge in [-0.2, -0.15) is 0 Å². The van der Waals surface area contributed by atoms with Crippen LogP contribution in [0.5, 0.6) is 0 Å². The summed E-state index contributed by atoms with van der Waals surface area (Å²) in [7, 11) is 0. The Morgan fingerprint density at radius 3 is 2.88 bits per heavy atom. The van der Waals surface area contributed by atoms with Crippen LogP contribution >= 0.6 is 0 Å². The summed E-state index contributed by atoms with van der Waals surface area (Å²) in [5, 5.41) is 6.55. The van der Waals surface area contributed by atoms with Gasteiger partial charge in [0.2, 0.25) is 5.91 Å². The Hall–Kier alpha value is -0.570. The second-order valence-corrected chi connectivity index (χ2v) is 5.12. The van der Waals surface area contributed by atoms with Crippen LogP contribution in [0.25, 0.3) is 0 Å². The molecule has 1 fully saturated rings. The molecule has 1 saturated heterocycles. The molecule has 0 aromatic carbocycles. The first kappa shape index (κ1) is 14.5. The van der Waals surface area contributed by atoms with Crippen LogP contribution in [-0.2, 0) is 4.79 Å². The lowest BCUT2D eigenvalue weighted by atomic mass is 9.98. The van der Waals surface area contributed by atoms with Crippen LogP contribution in [-0.4, -0.2) is 25.0 Å². The third kappa shape index (κ3) is 5.53. The number of amides is 1. The minimum absolute atomic E-state index is 0.228. The van der Waals surface area contributed by atoms with E-state index in [1.807, 2.05) is 0 Å². The molecule has 2 atom stereocenters. The van der Waals surface area contributed by atoms with Crippen molar-refractivity contribution < 1.29 is 4.79 Å². The molecule has 0 bridgehead atoms. The Morgan fingerprint density at radius 2 is 2.29 bits per heavy atom. The average Bonchev–Trinajstić information content (AvgIpc) is 2.83. The van der Waals surface area contributed by atoms with Gasteiger partial charge in [0.05, 0.1) is 0 Å². The van der Waals surface area contributed by atoms with Crippen LogP contribution in [0.4, 0.5) is 0 Å². The van der Waals surface area contributed by atoms with Crippen molar-refractivity contribution in [1.82, 2.24) is 10.6 Å². The van der Waals surface area contributed by atoms with Crippen molar-refractivity contribution in [2.75, 3.05) is 13.1 Å². The fraction of sp³-hybridized carbons (Fsp3) is 0.929. The highest BCUT2D eigenvalue weighted by Crippen LogP contribution is 2.13. The molecular weight excluding hydrogens is 212 g/mol. The Labute approximate surface area is 106 Å². The van der Waals surface area contributed by atoms with E-state index >= 15 is 0 Å². The lowest BCUT2D eigenvalue weighted by Crippen LogP contribution is -2.34. The number of unbranched alkanes of at least 4 members (excludes halogenated alkanes) is 1. The van der Waals surface area contributed by atoms with Crippen molar-refractivity contribution in [3.05, 3.63) is 0 Å². The first-order chi connectivity index (χ1) is 8.27. The molecule has 2 unspecified atom stereocenters. The number of carbonyl (C=O) groups excluding carboxylic acids is 1. The highest BCUT2D eigenvalue weighted by Gasteiger charge is 2.17. The quantitative estimate of drug-likeness (QED) is 0.684. The topological polar surface area (TPSA) is 41.1 Å². The van der Waals surface area contributed by atoms with E-state index in [9.17, 15) is 4.79 Å². The third-order valence-electron chi connectivity index (χ3n) is 3.72. The van der Waals surface area contributed by atoms with E-state index in [1.54, 1.807) is 0 Å². The molecule has 100 valence electrons. The van der Waals surface area contributed by atoms with Crippen molar-refractivity contribution in [2.45, 2.75) is 64.8 Å². The lowest BCUT2D eigenvalue weighted by Gasteiger charge is -2.16. The fourth-order valence-corrected chi connectivity index (χ4v) is 2.49. The molecule has 3 nitrogen and oxygen atoms in total. The number of nitrogens with one attached hydrogen (secondary N) is 2. The van der Waals surface area contributed by atoms with Crippen molar-refractivity contribution >= 4 is 5.91 Å². The van der Waals surface area contributed by atoms with Crippen LogP contribution in [0.1, 0.15) is 58.8 Å². The predicted molar refractivity (Wildman–Crippen MR) is 72.0 cm³/mol. The summed E-state index contributed by atoms with van der Waals surface area (Å²) >= 11 is 0. The monoisotopic (exact) mass is 240 g/mol. The number of carbonyl (C=O) groups is 1. The lowest BCUT2D eigenvalue weighted by molar-refractivity contribution is -0.125. The molecule has 0 spiro atoms. The van der Waals surface area contributed by atoms with Gasteiger partial charge in [0, 0.05) is 18.5 Å². The van der Waals surface area contributed by atoms with Gasteiger partial charge in [-0.1, -0.05) is 26.7 Å². The smallest absolute Gasteiger partial charge is 0.223 e. The van der Waals surface area contributed by atoms with Crippen LogP contribution in [0, 0.1) is 5.92 Å². The summed E-state index contributed by atoms with van der Waals surface area (Å²) in [5.41, 5.74) is 0. The van der Waals surface area contributed by atoms with E-state index in [0.717, 1.165) is 38.8 Å². The van der Waals surface area contributed by atoms with Crippen LogP contribution < -0.4 is 10.6 Å². The number of hydrogen-bond acceptors (Lipinski definition) is 2. The highest BCUT2D eigenvalue weighted by molar-refractivity contribution is 5.78. The van der Waals surface area contributed by atoms with Gasteiger partial charge in [0.1, 0.15) is 0 Å². The summed E-state index contributed by atoms with van der Waals surface area (Å²) in [4.78, 5) is 11.9. The Balaban J connectivity index is 2.12. The molecular formula is C14H28N2O. The largest absolute Gasteiger partial charge is 0.356 e. The summed E-state index contributed by atoms with van der Waals surface area (Å²) < 4.78 is 0. The summed E-state index contributed by atoms with van der Waals surface area (Å²) in [6.45, 7) is 6.26. The molecule has 3 heteroatoms. The predicted octanol–water partition coefficient (Wildman–Crippen LogP) is 2.46. The molecule has 0 aromatic rings. The van der Waals surface area contributed by atoms with Crippen LogP contribution in [0.3, 0.4) is 0 Å². The van der Waals surface area contributed by atoms with Crippen LogP contribution in [0.2, 0.25) is 0 Å². The third-order valence-corrected chi connectivity index (χ3v) is 3.72. The minimum Gasteiger partial charge on any atom is -0.356 e. The zero-order valence-electron chi connectivity index (χ0n) is 11.4. The van der Waals surface area contributed by atoms with E-state index in [4.69, 9.17) is 0 Å². The molecule has 0 aliphatic carbocycles. The molecule has 1 heterocycles. The maximum absolute atomic E-state index is 11.9. The summed E-state index contributed by atoms with van der Waals surface area (Å²) in [5.74, 6) is 0.491. The second kappa shape index (κ2) is 8.51. The van der Waals surface area contributed by atoms with E-state index in [1.165, 1.54) is 19.3 Å². The van der Waals surface area contributed by atoms with E-state index in [0.29, 0.717) is 6.04 Å². The normalized spacial score (nSPS) is 21.4. The molecule has 1 rings (SSSR count). The Morgan fingerprint density at radius 1 is 1.47 bits per heavy atom. The summed E-state index contributed by atoms with van der Waals surface area (Å²) in [6, 6.07) is 0.631. The second-order valence-electron chi connectivity index (χ2n) is 5.12. The van der Waals surface area contributed by atoms with Gasteiger partial charge >= 0.3 is 0 Å². The molecule has 17 heavy (non-hydrogen) atoms. The Bertz CT molecular complexity index is 212. The molecule has 1 aliphatic rings. The van der Waals surface area contributed by atoms with Gasteiger partial charge in [0.15, 0.2) is 0 Å². The number of rotatable bonds is 8. The molecule has 0 saturated carbocycles. The van der Waals surface area contributed by atoms with Gasteiger partial charge in [-0.05, 0) is 38.6 Å². The summed E-state index contributed by atoms with van der Waals surface area (Å²) in [6.07, 6.45) is 7.98. The minimum atomic E-state index is 0.228. The molecule has 2 N–H and O–H groups in total. The van der Waals surface area contributed by atoms with E-state index < -0.39 is 0 Å². The molecule has 0 aromatic heterocycles. The molecule has 0 radical (unpaired) electrons. The fourth-order valence-electron chi connectivity index (χ4n) is 2.49. The average molecular weight is 240 g/mol. The first-order valence-corrected chi connectivity index (χ1v) is 7.29. The first-order valence-electron chi connectivity index (χ1n) is 7.29. The zero-order chi connectivity index (χ0) is 12.5.